The van der Waals surface area contributed by atoms with Crippen molar-refractivity contribution in [2.75, 3.05) is 0 Å². The Bertz CT molecular complexity index is 885. The van der Waals surface area contributed by atoms with Gasteiger partial charge in [-0.2, -0.15) is 0 Å². The van der Waals surface area contributed by atoms with E-state index in [9.17, 15) is 0 Å². The highest BCUT2D eigenvalue weighted by Crippen LogP contribution is 2.12. The van der Waals surface area contributed by atoms with Crippen LogP contribution in [0, 0.1) is 18.8 Å². The van der Waals surface area contributed by atoms with Gasteiger partial charge in [-0.15, -0.1) is 0 Å². The maximum Gasteiger partial charge on any atom is 0.0249 e. The normalized spacial score (nSPS) is 10.3. The molecule has 27 heavy (non-hydrogen) atoms. The molecule has 0 aliphatic rings. The summed E-state index contributed by atoms with van der Waals surface area (Å²) < 4.78 is 0. The van der Waals surface area contributed by atoms with E-state index in [1.54, 1.807) is 0 Å². The second-order valence-corrected chi connectivity index (χ2v) is 7.23. The Labute approximate surface area is 164 Å². The summed E-state index contributed by atoms with van der Waals surface area (Å²) in [7, 11) is 0. The van der Waals surface area contributed by atoms with Gasteiger partial charge in [0, 0.05) is 11.1 Å². The zero-order valence-corrected chi connectivity index (χ0v) is 16.5. The van der Waals surface area contributed by atoms with Crippen LogP contribution in [-0.4, -0.2) is 0 Å². The minimum absolute atomic E-state index is 1.06. The van der Waals surface area contributed by atoms with Gasteiger partial charge < -0.3 is 0 Å². The highest BCUT2D eigenvalue weighted by atomic mass is 14.0. The zero-order valence-electron chi connectivity index (χ0n) is 16.5. The van der Waals surface area contributed by atoms with Crippen LogP contribution in [-0.2, 0) is 19.3 Å². The number of hydrogen-bond acceptors (Lipinski definition) is 0. The molecule has 0 radical (unpaired) electrons. The zero-order chi connectivity index (χ0) is 18.9. The van der Waals surface area contributed by atoms with Gasteiger partial charge >= 0.3 is 0 Å². The molecule has 0 spiro atoms. The van der Waals surface area contributed by atoms with Crippen LogP contribution in [0.3, 0.4) is 0 Å². The molecular weight excluding hydrogens is 324 g/mol. The van der Waals surface area contributed by atoms with Crippen LogP contribution in [0.15, 0.2) is 72.8 Å². The molecule has 0 heterocycles. The van der Waals surface area contributed by atoms with Crippen LogP contribution in [0.4, 0.5) is 0 Å². The average Bonchev–Trinajstić information content (AvgIpc) is 2.72. The molecule has 0 nitrogen and oxygen atoms in total. The maximum absolute atomic E-state index is 3.25. The van der Waals surface area contributed by atoms with E-state index in [2.05, 4.69) is 98.5 Å². The highest BCUT2D eigenvalue weighted by Gasteiger charge is 1.98. The molecule has 0 aliphatic heterocycles. The predicted octanol–water partition coefficient (Wildman–Crippen LogP) is 6.52. The molecular formula is C27H28. The van der Waals surface area contributed by atoms with Gasteiger partial charge in [-0.25, -0.2) is 0 Å². The molecule has 0 heteroatoms. The first-order chi connectivity index (χ1) is 13.2. The summed E-state index contributed by atoms with van der Waals surface area (Å²) in [6.07, 6.45) is 5.88. The van der Waals surface area contributed by atoms with Crippen molar-refractivity contribution in [2.45, 2.75) is 46.0 Å². The third kappa shape index (κ3) is 6.15. The van der Waals surface area contributed by atoms with E-state index in [4.69, 9.17) is 0 Å². The lowest BCUT2D eigenvalue weighted by atomic mass is 10.0. The monoisotopic (exact) mass is 352 g/mol. The largest absolute Gasteiger partial charge is 0.0654 e. The molecule has 0 saturated carbocycles. The van der Waals surface area contributed by atoms with Crippen molar-refractivity contribution in [1.29, 1.82) is 0 Å². The number of unbranched alkanes of at least 4 members (excludes halogenated alkanes) is 1. The summed E-state index contributed by atoms with van der Waals surface area (Å²) in [5.74, 6) is 6.49. The molecule has 0 atom stereocenters. The molecule has 0 unspecified atom stereocenters. The summed E-state index contributed by atoms with van der Waals surface area (Å²) in [5.41, 5.74) is 7.63. The fraction of sp³-hybridized carbons (Fsp3) is 0.259. The first-order valence-electron chi connectivity index (χ1n) is 9.98. The first-order valence-corrected chi connectivity index (χ1v) is 9.98. The minimum atomic E-state index is 1.06. The fourth-order valence-corrected chi connectivity index (χ4v) is 3.08. The smallest absolute Gasteiger partial charge is 0.0249 e. The van der Waals surface area contributed by atoms with Gasteiger partial charge in [0.1, 0.15) is 0 Å². The number of rotatable bonds is 6. The Hall–Kier alpha value is -2.78. The van der Waals surface area contributed by atoms with Crippen molar-refractivity contribution in [2.24, 2.45) is 0 Å². The van der Waals surface area contributed by atoms with Crippen LogP contribution in [0.5, 0.6) is 0 Å². The fourth-order valence-electron chi connectivity index (χ4n) is 3.08. The number of benzene rings is 3. The topological polar surface area (TPSA) is 0 Å². The Balaban J connectivity index is 1.54. The second kappa shape index (κ2) is 9.79. The van der Waals surface area contributed by atoms with E-state index < -0.39 is 0 Å². The standard InChI is InChI=1S/C27H28/c1-3-4-5-23-10-12-25(13-11-23)16-17-27-20-18-26(19-21-27)15-14-24-8-6-22(2)7-9-24/h6-13,18-21H,3-5,16-17H2,1-2H3. The van der Waals surface area contributed by atoms with Crippen LogP contribution in [0.1, 0.15) is 53.1 Å². The van der Waals surface area contributed by atoms with E-state index >= 15 is 0 Å². The molecule has 0 amide bonds. The molecule has 0 aromatic heterocycles. The lowest BCUT2D eigenvalue weighted by molar-refractivity contribution is 0.794. The van der Waals surface area contributed by atoms with E-state index in [0.717, 1.165) is 24.0 Å². The Kier molecular flexibility index (Phi) is 6.89. The van der Waals surface area contributed by atoms with Crippen molar-refractivity contribution in [3.05, 3.63) is 106 Å². The van der Waals surface area contributed by atoms with Gasteiger partial charge in [-0.3, -0.25) is 0 Å². The van der Waals surface area contributed by atoms with Gasteiger partial charge in [0.05, 0.1) is 0 Å². The van der Waals surface area contributed by atoms with E-state index in [0.29, 0.717) is 0 Å². The Morgan fingerprint density at radius 1 is 0.556 bits per heavy atom. The second-order valence-electron chi connectivity index (χ2n) is 7.23. The third-order valence-corrected chi connectivity index (χ3v) is 4.90. The SMILES string of the molecule is CCCCc1ccc(CCc2ccc(C#Cc3ccc(C)cc3)cc2)cc1. The van der Waals surface area contributed by atoms with Crippen LogP contribution >= 0.6 is 0 Å². The molecule has 0 saturated heterocycles. The van der Waals surface area contributed by atoms with Crippen molar-refractivity contribution in [3.8, 4) is 11.8 Å². The van der Waals surface area contributed by atoms with Gasteiger partial charge in [0.25, 0.3) is 0 Å². The molecule has 0 N–H and O–H groups in total. The van der Waals surface area contributed by atoms with Crippen molar-refractivity contribution in [3.63, 3.8) is 0 Å². The quantitative estimate of drug-likeness (QED) is 0.443. The van der Waals surface area contributed by atoms with Crippen LogP contribution < -0.4 is 0 Å². The average molecular weight is 353 g/mol. The van der Waals surface area contributed by atoms with Crippen LogP contribution in [0.25, 0.3) is 0 Å². The Morgan fingerprint density at radius 3 is 1.44 bits per heavy atom. The van der Waals surface area contributed by atoms with E-state index in [-0.39, 0.29) is 0 Å². The lowest BCUT2D eigenvalue weighted by Gasteiger charge is -2.05. The molecule has 3 aromatic carbocycles. The molecule has 0 aliphatic carbocycles. The molecule has 0 bridgehead atoms. The summed E-state index contributed by atoms with van der Waals surface area (Å²) in [6.45, 7) is 4.34. The van der Waals surface area contributed by atoms with Gasteiger partial charge in [-0.05, 0) is 73.6 Å². The molecule has 3 aromatic rings. The minimum Gasteiger partial charge on any atom is -0.0654 e. The van der Waals surface area contributed by atoms with Crippen molar-refractivity contribution < 1.29 is 0 Å². The summed E-state index contributed by atoms with van der Waals surface area (Å²) in [5, 5.41) is 0. The van der Waals surface area contributed by atoms with Crippen molar-refractivity contribution in [1.82, 2.24) is 0 Å². The van der Waals surface area contributed by atoms with Crippen LogP contribution in [0.2, 0.25) is 0 Å². The van der Waals surface area contributed by atoms with Crippen molar-refractivity contribution >= 4 is 0 Å². The molecule has 0 fully saturated rings. The highest BCUT2D eigenvalue weighted by molar-refractivity contribution is 5.44. The number of aryl methyl sites for hydroxylation is 4. The summed E-state index contributed by atoms with van der Waals surface area (Å²) in [6, 6.07) is 26.2. The lowest BCUT2D eigenvalue weighted by Crippen LogP contribution is -1.92. The summed E-state index contributed by atoms with van der Waals surface area (Å²) in [4.78, 5) is 0. The van der Waals surface area contributed by atoms with E-state index in [1.807, 2.05) is 0 Å². The van der Waals surface area contributed by atoms with E-state index in [1.165, 1.54) is 41.5 Å². The van der Waals surface area contributed by atoms with Gasteiger partial charge in [0.15, 0.2) is 0 Å². The first kappa shape index (κ1) is 19.0. The third-order valence-electron chi connectivity index (χ3n) is 4.90. The van der Waals surface area contributed by atoms with Gasteiger partial charge in [0.2, 0.25) is 0 Å². The maximum atomic E-state index is 3.25. The van der Waals surface area contributed by atoms with Gasteiger partial charge in [-0.1, -0.05) is 79.3 Å². The molecule has 3 rings (SSSR count). The predicted molar refractivity (Wildman–Crippen MR) is 116 cm³/mol. The Morgan fingerprint density at radius 2 is 0.963 bits per heavy atom. The summed E-state index contributed by atoms with van der Waals surface area (Å²) >= 11 is 0. The number of hydrogen-bond donors (Lipinski definition) is 0. The molecule has 136 valence electrons.